The molecular formula is C52H61N13O5. The fourth-order valence-electron chi connectivity index (χ4n) is 12.0. The topological polar surface area (TPSA) is 186 Å². The van der Waals surface area contributed by atoms with Crippen molar-refractivity contribution in [2.75, 3.05) is 92.5 Å². The molecule has 4 aromatic rings. The lowest BCUT2D eigenvalue weighted by Gasteiger charge is -2.41. The third-order valence-corrected chi connectivity index (χ3v) is 16.1. The highest BCUT2D eigenvalue weighted by Gasteiger charge is 2.45. The fraction of sp³-hybridized carbons (Fsp3) is 0.500. The number of amides is 3. The van der Waals surface area contributed by atoms with Gasteiger partial charge in [-0.15, -0.1) is 0 Å². The van der Waals surface area contributed by atoms with E-state index in [2.05, 4.69) is 52.6 Å². The lowest BCUT2D eigenvalue weighted by atomic mass is 9.89. The minimum Gasteiger partial charge on any atom is -0.371 e. The van der Waals surface area contributed by atoms with E-state index < -0.39 is 23.4 Å². The zero-order chi connectivity index (χ0) is 48.4. The van der Waals surface area contributed by atoms with Crippen molar-refractivity contribution in [3.05, 3.63) is 93.8 Å². The molecule has 1 atom stereocenters. The lowest BCUT2D eigenvalue weighted by Crippen LogP contribution is -2.49. The van der Waals surface area contributed by atoms with Crippen LogP contribution in [0.3, 0.4) is 0 Å². The number of imide groups is 1. The van der Waals surface area contributed by atoms with Gasteiger partial charge in [-0.1, -0.05) is 11.2 Å². The van der Waals surface area contributed by atoms with Gasteiger partial charge in [0.05, 0.1) is 47.0 Å². The zero-order valence-electron chi connectivity index (χ0n) is 40.6. The number of nitrogens with zero attached hydrogens (tertiary/aromatic N) is 12. The van der Waals surface area contributed by atoms with E-state index in [-0.39, 0.29) is 36.7 Å². The van der Waals surface area contributed by atoms with Crippen LogP contribution in [-0.2, 0) is 26.5 Å². The second-order valence-corrected chi connectivity index (χ2v) is 20.8. The summed E-state index contributed by atoms with van der Waals surface area (Å²) in [6.07, 6.45) is 6.68. The minimum atomic E-state index is -0.851. The first-order valence-corrected chi connectivity index (χ1v) is 25.0. The number of rotatable bonds is 10. The Hall–Kier alpha value is -6.66. The Morgan fingerprint density at radius 3 is 2.23 bits per heavy atom. The van der Waals surface area contributed by atoms with E-state index in [0.717, 1.165) is 123 Å². The van der Waals surface area contributed by atoms with Crippen LogP contribution in [0.2, 0.25) is 0 Å². The molecule has 6 aliphatic heterocycles. The smallest absolute Gasteiger partial charge is 0.262 e. The number of hydrogen-bond acceptors (Lipinski definition) is 15. The molecule has 0 bridgehead atoms. The second-order valence-electron chi connectivity index (χ2n) is 20.8. The number of tetrazole rings is 1. The average Bonchev–Trinajstić information content (AvgIpc) is 4.09. The number of likely N-dealkylation sites (tertiary alicyclic amines) is 1. The van der Waals surface area contributed by atoms with Crippen molar-refractivity contribution in [1.82, 2.24) is 39.9 Å². The highest BCUT2D eigenvalue weighted by atomic mass is 16.2. The molecular weight excluding hydrogens is 887 g/mol. The number of aliphatic imine (C=N–C) groups is 1. The van der Waals surface area contributed by atoms with E-state index in [0.29, 0.717) is 46.7 Å². The first-order valence-electron chi connectivity index (χ1n) is 25.0. The number of fused-ring (bicyclic) bond motifs is 3. The summed E-state index contributed by atoms with van der Waals surface area (Å²) in [7, 11) is 1.86. The molecule has 11 rings (SSSR count). The number of carbonyl (C=O) groups is 5. The van der Waals surface area contributed by atoms with Gasteiger partial charge in [-0.2, -0.15) is 0 Å². The van der Waals surface area contributed by atoms with Crippen LogP contribution in [0.1, 0.15) is 103 Å². The van der Waals surface area contributed by atoms with E-state index >= 15 is 0 Å². The third kappa shape index (κ3) is 8.37. The molecule has 18 heteroatoms. The van der Waals surface area contributed by atoms with Crippen LogP contribution in [-0.4, -0.2) is 153 Å². The van der Waals surface area contributed by atoms with Crippen LogP contribution in [0.4, 0.5) is 23.1 Å². The van der Waals surface area contributed by atoms with E-state index in [9.17, 15) is 24.0 Å². The number of allylic oxidation sites excluding steroid dienone is 1. The minimum absolute atomic E-state index is 0.132. The predicted molar refractivity (Wildman–Crippen MR) is 264 cm³/mol. The van der Waals surface area contributed by atoms with E-state index in [4.69, 9.17) is 9.98 Å². The molecule has 0 radical (unpaired) electrons. The molecule has 8 heterocycles. The standard InChI is InChI=1S/C52H61N13O5/c1-32-46(52(2,3)65-51(59(32)4)56-57-58-65)48(68)55-37-6-5-36-29-54-47(41(36)26-37)35-11-16-53-45(25-35)63-23-21-61(22-24-63)31-33-12-17-60(18-13-33)30-34-14-19-62(20-15-34)38-7-9-40-42(27-38)50(70)64(49(40)69)43-10-8-39(66)28-44(43)67/h5-7,9,11,16,25-27,33-34,43H,8,10,12-15,17-24,28-31H2,1-4H3,(H,55,68). The number of hydrogen-bond donors (Lipinski definition) is 1. The summed E-state index contributed by atoms with van der Waals surface area (Å²) < 4.78 is 1.69. The number of piperidine rings is 2. The largest absolute Gasteiger partial charge is 0.371 e. The number of carbonyl (C=O) groups excluding carboxylic acids is 5. The zero-order valence-corrected chi connectivity index (χ0v) is 40.6. The van der Waals surface area contributed by atoms with Gasteiger partial charge >= 0.3 is 0 Å². The molecule has 3 amide bonds. The molecule has 1 saturated carbocycles. The Balaban J connectivity index is 0.630. The number of anilines is 4. The SMILES string of the molecule is CC1=C(C(=O)Nc2ccc3c(c2)C(c2ccnc(N4CCN(CC5CCN(CC6CCN(c7ccc8c(c7)C(=O)N(C7CCC(=O)CC7=O)C8=O)CC6)CC5)CC4)c2)=NC3)C(C)(C)n2nnnc2N1C. The number of Topliss-reactive ketones (excluding diaryl/α,β-unsaturated/α-hetero) is 2. The first kappa shape index (κ1) is 45.8. The molecule has 0 spiro atoms. The third-order valence-electron chi connectivity index (χ3n) is 16.1. The highest BCUT2D eigenvalue weighted by Crippen LogP contribution is 2.38. The lowest BCUT2D eigenvalue weighted by molar-refractivity contribution is -0.132. The van der Waals surface area contributed by atoms with Crippen LogP contribution in [0.15, 0.2) is 71.0 Å². The molecule has 1 unspecified atom stereocenters. The molecule has 2 aromatic heterocycles. The molecule has 18 nitrogen and oxygen atoms in total. The van der Waals surface area contributed by atoms with Crippen LogP contribution in [0, 0.1) is 11.8 Å². The Labute approximate surface area is 407 Å². The summed E-state index contributed by atoms with van der Waals surface area (Å²) in [6.45, 7) is 16.6. The van der Waals surface area contributed by atoms with Crippen molar-refractivity contribution >= 4 is 58.1 Å². The summed E-state index contributed by atoms with van der Waals surface area (Å²) in [5, 5.41) is 15.4. The second kappa shape index (κ2) is 18.3. The molecule has 1 N–H and O–H groups in total. The van der Waals surface area contributed by atoms with Gasteiger partial charge < -0.3 is 24.9 Å². The molecule has 70 heavy (non-hydrogen) atoms. The molecule has 1 aliphatic carbocycles. The quantitative estimate of drug-likeness (QED) is 0.172. The Morgan fingerprint density at radius 1 is 0.771 bits per heavy atom. The van der Waals surface area contributed by atoms with Gasteiger partial charge in [-0.25, -0.2) is 9.67 Å². The molecule has 364 valence electrons. The van der Waals surface area contributed by atoms with Crippen molar-refractivity contribution in [3.8, 4) is 0 Å². The average molecular weight is 948 g/mol. The van der Waals surface area contributed by atoms with Crippen LogP contribution >= 0.6 is 0 Å². The Bertz CT molecular complexity index is 2850. The van der Waals surface area contributed by atoms with E-state index in [1.54, 1.807) is 10.7 Å². The van der Waals surface area contributed by atoms with E-state index in [1.807, 2.05) is 69.2 Å². The van der Waals surface area contributed by atoms with Gasteiger partial charge in [-0.05, 0) is 136 Å². The number of ketones is 2. The molecule has 3 saturated heterocycles. The Kier molecular flexibility index (Phi) is 11.9. The van der Waals surface area contributed by atoms with Crippen LogP contribution < -0.4 is 20.0 Å². The van der Waals surface area contributed by atoms with Crippen LogP contribution in [0.5, 0.6) is 0 Å². The maximum absolute atomic E-state index is 13.9. The van der Waals surface area contributed by atoms with Crippen molar-refractivity contribution in [1.29, 1.82) is 0 Å². The van der Waals surface area contributed by atoms with Gasteiger partial charge in [-0.3, -0.25) is 38.8 Å². The monoisotopic (exact) mass is 947 g/mol. The highest BCUT2D eigenvalue weighted by molar-refractivity contribution is 6.24. The van der Waals surface area contributed by atoms with Crippen molar-refractivity contribution in [2.24, 2.45) is 16.8 Å². The maximum atomic E-state index is 13.9. The molecule has 7 aliphatic rings. The van der Waals surface area contributed by atoms with Gasteiger partial charge in [0.2, 0.25) is 5.95 Å². The van der Waals surface area contributed by atoms with Gasteiger partial charge in [0.15, 0.2) is 5.78 Å². The molecule has 2 aromatic carbocycles. The van der Waals surface area contributed by atoms with Crippen molar-refractivity contribution in [3.63, 3.8) is 0 Å². The fourth-order valence-corrected chi connectivity index (χ4v) is 12.0. The number of aromatic nitrogens is 5. The number of benzene rings is 2. The van der Waals surface area contributed by atoms with Gasteiger partial charge in [0.25, 0.3) is 17.7 Å². The van der Waals surface area contributed by atoms with Crippen molar-refractivity contribution < 1.29 is 24.0 Å². The summed E-state index contributed by atoms with van der Waals surface area (Å²) in [4.78, 5) is 87.7. The number of pyridine rings is 1. The summed E-state index contributed by atoms with van der Waals surface area (Å²) in [6, 6.07) is 14.8. The van der Waals surface area contributed by atoms with Crippen LogP contribution in [0.25, 0.3) is 0 Å². The predicted octanol–water partition coefficient (Wildman–Crippen LogP) is 4.55. The molecule has 4 fully saturated rings. The van der Waals surface area contributed by atoms with Crippen molar-refractivity contribution in [2.45, 2.75) is 83.8 Å². The number of piperazine rings is 1. The Morgan fingerprint density at radius 2 is 1.49 bits per heavy atom. The van der Waals surface area contributed by atoms with Gasteiger partial charge in [0, 0.05) is 100 Å². The summed E-state index contributed by atoms with van der Waals surface area (Å²) in [5.74, 6) is 1.34. The summed E-state index contributed by atoms with van der Waals surface area (Å²) in [5.41, 5.74) is 7.06. The number of nitrogens with one attached hydrogen (secondary N) is 1. The maximum Gasteiger partial charge on any atom is 0.262 e. The normalized spacial score (nSPS) is 22.5. The first-order chi connectivity index (χ1) is 33.8. The summed E-state index contributed by atoms with van der Waals surface area (Å²) >= 11 is 0. The van der Waals surface area contributed by atoms with E-state index in [1.165, 1.54) is 12.8 Å². The van der Waals surface area contributed by atoms with Gasteiger partial charge in [0.1, 0.15) is 11.6 Å².